The van der Waals surface area contributed by atoms with Gasteiger partial charge >= 0.3 is 0 Å². The van der Waals surface area contributed by atoms with Crippen molar-refractivity contribution in [1.29, 1.82) is 0 Å². The van der Waals surface area contributed by atoms with Gasteiger partial charge in [0.05, 0.1) is 17.6 Å². The van der Waals surface area contributed by atoms with Crippen LogP contribution in [0, 0.1) is 10.1 Å². The van der Waals surface area contributed by atoms with E-state index in [2.05, 4.69) is 5.32 Å². The molecule has 0 aliphatic heterocycles. The van der Waals surface area contributed by atoms with Gasteiger partial charge in [0.15, 0.2) is 0 Å². The van der Waals surface area contributed by atoms with Crippen molar-refractivity contribution in [1.82, 2.24) is 0 Å². The first kappa shape index (κ1) is 16.3. The van der Waals surface area contributed by atoms with Crippen LogP contribution in [0.15, 0.2) is 58.3 Å². The topological polar surface area (TPSA) is 95.6 Å². The summed E-state index contributed by atoms with van der Waals surface area (Å²) < 4.78 is 0. The summed E-state index contributed by atoms with van der Waals surface area (Å²) in [7, 11) is 0. The molecule has 2 aromatic rings. The zero-order valence-electron chi connectivity index (χ0n) is 11.7. The molecule has 0 aliphatic rings. The summed E-state index contributed by atoms with van der Waals surface area (Å²) in [6, 6.07) is 14.4. The van der Waals surface area contributed by atoms with Crippen LogP contribution in [-0.4, -0.2) is 34.4 Å². The van der Waals surface area contributed by atoms with Crippen molar-refractivity contribution in [2.45, 2.75) is 15.9 Å². The SMILES string of the molecule is O=[N+]([O-])c1ccc(Sc2ccccc2)cc1NCC(O)CO. The molecule has 22 heavy (non-hydrogen) atoms. The summed E-state index contributed by atoms with van der Waals surface area (Å²) in [6.45, 7) is -0.365. The minimum atomic E-state index is -0.968. The molecule has 2 aromatic carbocycles. The van der Waals surface area contributed by atoms with E-state index < -0.39 is 17.6 Å². The summed E-state index contributed by atoms with van der Waals surface area (Å²) in [5, 5.41) is 32.0. The van der Waals surface area contributed by atoms with Crippen molar-refractivity contribution in [3.63, 3.8) is 0 Å². The van der Waals surface area contributed by atoms with E-state index in [1.807, 2.05) is 30.3 Å². The van der Waals surface area contributed by atoms with E-state index >= 15 is 0 Å². The predicted octanol–water partition coefficient (Wildman–Crippen LogP) is 2.51. The maximum atomic E-state index is 11.1. The van der Waals surface area contributed by atoms with Crippen LogP contribution in [0.5, 0.6) is 0 Å². The molecule has 3 N–H and O–H groups in total. The highest BCUT2D eigenvalue weighted by molar-refractivity contribution is 7.99. The van der Waals surface area contributed by atoms with E-state index in [4.69, 9.17) is 5.11 Å². The highest BCUT2D eigenvalue weighted by Gasteiger charge is 2.15. The lowest BCUT2D eigenvalue weighted by Crippen LogP contribution is -2.23. The van der Waals surface area contributed by atoms with Crippen molar-refractivity contribution in [2.24, 2.45) is 0 Å². The average Bonchev–Trinajstić information content (AvgIpc) is 2.53. The van der Waals surface area contributed by atoms with Gasteiger partial charge in [-0.3, -0.25) is 10.1 Å². The number of nitrogens with zero attached hydrogens (tertiary/aromatic N) is 1. The molecule has 0 fully saturated rings. The van der Waals surface area contributed by atoms with Gasteiger partial charge in [0, 0.05) is 22.4 Å². The van der Waals surface area contributed by atoms with Crippen molar-refractivity contribution in [3.8, 4) is 0 Å². The Labute approximate surface area is 131 Å². The van der Waals surface area contributed by atoms with E-state index in [1.165, 1.54) is 17.8 Å². The van der Waals surface area contributed by atoms with Gasteiger partial charge in [0.1, 0.15) is 5.69 Å². The molecule has 0 spiro atoms. The Balaban J connectivity index is 2.20. The Hall–Kier alpha value is -2.09. The first-order valence-corrected chi connectivity index (χ1v) is 7.46. The number of benzene rings is 2. The molecule has 1 atom stereocenters. The number of rotatable bonds is 7. The van der Waals surface area contributed by atoms with Crippen molar-refractivity contribution < 1.29 is 15.1 Å². The number of aliphatic hydroxyl groups excluding tert-OH is 2. The number of nitro benzene ring substituents is 1. The van der Waals surface area contributed by atoms with Crippen LogP contribution in [0.1, 0.15) is 0 Å². The minimum Gasteiger partial charge on any atom is -0.394 e. The van der Waals surface area contributed by atoms with Gasteiger partial charge in [0.2, 0.25) is 0 Å². The van der Waals surface area contributed by atoms with E-state index in [1.54, 1.807) is 12.1 Å². The lowest BCUT2D eigenvalue weighted by molar-refractivity contribution is -0.384. The smallest absolute Gasteiger partial charge is 0.292 e. The minimum absolute atomic E-state index is 0.0385. The number of aliphatic hydroxyl groups is 2. The molecule has 1 unspecified atom stereocenters. The van der Waals surface area contributed by atoms with Crippen molar-refractivity contribution >= 4 is 23.1 Å². The van der Waals surface area contributed by atoms with Gasteiger partial charge in [-0.2, -0.15) is 0 Å². The van der Waals surface area contributed by atoms with Gasteiger partial charge < -0.3 is 15.5 Å². The van der Waals surface area contributed by atoms with E-state index in [0.717, 1.165) is 9.79 Å². The molecule has 0 saturated heterocycles. The number of hydrogen-bond donors (Lipinski definition) is 3. The third-order valence-electron chi connectivity index (χ3n) is 2.88. The van der Waals surface area contributed by atoms with Crippen LogP contribution in [0.2, 0.25) is 0 Å². The molecular weight excluding hydrogens is 304 g/mol. The Morgan fingerprint density at radius 3 is 2.55 bits per heavy atom. The number of nitro groups is 1. The van der Waals surface area contributed by atoms with Crippen LogP contribution >= 0.6 is 11.8 Å². The van der Waals surface area contributed by atoms with Crippen LogP contribution in [0.3, 0.4) is 0 Å². The van der Waals surface area contributed by atoms with Crippen LogP contribution in [0.4, 0.5) is 11.4 Å². The van der Waals surface area contributed by atoms with E-state index in [9.17, 15) is 15.2 Å². The molecule has 0 saturated carbocycles. The molecule has 0 aliphatic carbocycles. The van der Waals surface area contributed by atoms with Gasteiger partial charge in [-0.1, -0.05) is 30.0 Å². The van der Waals surface area contributed by atoms with Crippen LogP contribution in [-0.2, 0) is 0 Å². The number of nitrogens with one attached hydrogen (secondary N) is 1. The highest BCUT2D eigenvalue weighted by Crippen LogP contribution is 2.33. The third-order valence-corrected chi connectivity index (χ3v) is 3.88. The van der Waals surface area contributed by atoms with Gasteiger partial charge in [-0.25, -0.2) is 0 Å². The highest BCUT2D eigenvalue weighted by atomic mass is 32.2. The Kier molecular flexibility index (Phi) is 5.76. The fraction of sp³-hybridized carbons (Fsp3) is 0.200. The summed E-state index contributed by atoms with van der Waals surface area (Å²) in [4.78, 5) is 12.4. The van der Waals surface area contributed by atoms with Gasteiger partial charge in [-0.15, -0.1) is 0 Å². The second-order valence-corrected chi connectivity index (χ2v) is 5.72. The van der Waals surface area contributed by atoms with E-state index in [-0.39, 0.29) is 12.2 Å². The maximum Gasteiger partial charge on any atom is 0.292 e. The predicted molar refractivity (Wildman–Crippen MR) is 85.2 cm³/mol. The van der Waals surface area contributed by atoms with Crippen LogP contribution < -0.4 is 5.32 Å². The molecule has 6 nitrogen and oxygen atoms in total. The molecule has 0 bridgehead atoms. The lowest BCUT2D eigenvalue weighted by atomic mass is 10.2. The lowest BCUT2D eigenvalue weighted by Gasteiger charge is -2.11. The monoisotopic (exact) mass is 320 g/mol. The first-order valence-electron chi connectivity index (χ1n) is 6.64. The average molecular weight is 320 g/mol. The van der Waals surface area contributed by atoms with Gasteiger partial charge in [-0.05, 0) is 24.3 Å². The largest absolute Gasteiger partial charge is 0.394 e. The van der Waals surface area contributed by atoms with E-state index in [0.29, 0.717) is 5.69 Å². The molecule has 7 heteroatoms. The molecule has 2 rings (SSSR count). The number of hydrogen-bond acceptors (Lipinski definition) is 6. The summed E-state index contributed by atoms with van der Waals surface area (Å²) in [6.07, 6.45) is -0.968. The Morgan fingerprint density at radius 1 is 1.18 bits per heavy atom. The fourth-order valence-electron chi connectivity index (χ4n) is 1.80. The quantitative estimate of drug-likeness (QED) is 0.536. The molecular formula is C15H16N2O4S. The second-order valence-electron chi connectivity index (χ2n) is 4.57. The van der Waals surface area contributed by atoms with Gasteiger partial charge in [0.25, 0.3) is 5.69 Å². The third kappa shape index (κ3) is 4.45. The summed E-state index contributed by atoms with van der Waals surface area (Å²) >= 11 is 1.49. The molecule has 0 amide bonds. The standard InChI is InChI=1S/C15H16N2O4S/c18-10-11(19)9-16-14-8-13(6-7-15(14)17(20)21)22-12-4-2-1-3-5-12/h1-8,11,16,18-19H,9-10H2. The molecule has 116 valence electrons. The zero-order chi connectivity index (χ0) is 15.9. The molecule has 0 radical (unpaired) electrons. The normalized spacial score (nSPS) is 11.9. The van der Waals surface area contributed by atoms with Crippen molar-refractivity contribution in [3.05, 3.63) is 58.6 Å². The molecule has 0 aromatic heterocycles. The second kappa shape index (κ2) is 7.79. The Bertz CT molecular complexity index is 637. The zero-order valence-corrected chi connectivity index (χ0v) is 12.5. The fourth-order valence-corrected chi connectivity index (χ4v) is 2.67. The summed E-state index contributed by atoms with van der Waals surface area (Å²) in [5.74, 6) is 0. The van der Waals surface area contributed by atoms with Crippen LogP contribution in [0.25, 0.3) is 0 Å². The number of anilines is 1. The first-order chi connectivity index (χ1) is 10.6. The summed E-state index contributed by atoms with van der Waals surface area (Å²) in [5.41, 5.74) is 0.251. The molecule has 0 heterocycles. The Morgan fingerprint density at radius 2 is 1.91 bits per heavy atom. The maximum absolute atomic E-state index is 11.1. The van der Waals surface area contributed by atoms with Crippen molar-refractivity contribution in [2.75, 3.05) is 18.5 Å².